The first-order chi connectivity index (χ1) is 8.41. The molecule has 0 aromatic carbocycles. The molecule has 1 unspecified atom stereocenters. The van der Waals surface area contributed by atoms with Crippen LogP contribution >= 0.6 is 11.6 Å². The number of amides is 1. The highest BCUT2D eigenvalue weighted by Crippen LogP contribution is 2.19. The van der Waals surface area contributed by atoms with Crippen LogP contribution in [0.2, 0.25) is 5.15 Å². The quantitative estimate of drug-likeness (QED) is 0.490. The summed E-state index contributed by atoms with van der Waals surface area (Å²) in [5, 5.41) is 13.1. The standard InChI is InChI=1S/C9H10ClN3O4S/c1-18(17)3-2-11-9(14)6-4-8(10)12-5-7(6)13(15)16/h4-5H,2-3H2,1H3,(H,11,14). The van der Waals surface area contributed by atoms with E-state index in [0.29, 0.717) is 0 Å². The van der Waals surface area contributed by atoms with Crippen LogP contribution in [-0.2, 0) is 10.8 Å². The van der Waals surface area contributed by atoms with E-state index in [1.54, 1.807) is 0 Å². The van der Waals surface area contributed by atoms with Crippen molar-refractivity contribution < 1.29 is 13.9 Å². The highest BCUT2D eigenvalue weighted by molar-refractivity contribution is 7.84. The van der Waals surface area contributed by atoms with Crippen LogP contribution in [0.5, 0.6) is 0 Å². The van der Waals surface area contributed by atoms with Gasteiger partial charge in [0.1, 0.15) is 16.9 Å². The van der Waals surface area contributed by atoms with Gasteiger partial charge in [-0.05, 0) is 6.07 Å². The van der Waals surface area contributed by atoms with E-state index >= 15 is 0 Å². The molecule has 0 bridgehead atoms. The first-order valence-corrected chi connectivity index (χ1v) is 6.90. The Balaban J connectivity index is 2.87. The van der Waals surface area contributed by atoms with E-state index in [4.69, 9.17) is 11.6 Å². The molecule has 1 N–H and O–H groups in total. The normalized spacial score (nSPS) is 11.9. The summed E-state index contributed by atoms with van der Waals surface area (Å²) in [5.74, 6) is -0.366. The van der Waals surface area contributed by atoms with Crippen LogP contribution in [-0.4, -0.2) is 38.6 Å². The minimum atomic E-state index is -1.04. The van der Waals surface area contributed by atoms with E-state index in [0.717, 1.165) is 12.3 Å². The molecule has 1 atom stereocenters. The van der Waals surface area contributed by atoms with E-state index in [9.17, 15) is 19.1 Å². The number of rotatable bonds is 5. The Kier molecular flexibility index (Phi) is 5.17. The molecule has 0 aliphatic heterocycles. The van der Waals surface area contributed by atoms with Crippen LogP contribution in [0.3, 0.4) is 0 Å². The van der Waals surface area contributed by atoms with E-state index in [-0.39, 0.29) is 23.0 Å². The van der Waals surface area contributed by atoms with Crippen molar-refractivity contribution in [2.24, 2.45) is 0 Å². The van der Waals surface area contributed by atoms with Crippen LogP contribution in [0.25, 0.3) is 0 Å². The van der Waals surface area contributed by atoms with Gasteiger partial charge in [0.2, 0.25) is 0 Å². The molecule has 1 amide bonds. The van der Waals surface area contributed by atoms with Crippen molar-refractivity contribution >= 4 is 34.0 Å². The van der Waals surface area contributed by atoms with Gasteiger partial charge in [-0.1, -0.05) is 11.6 Å². The maximum Gasteiger partial charge on any atom is 0.300 e. The molecule has 18 heavy (non-hydrogen) atoms. The van der Waals surface area contributed by atoms with Gasteiger partial charge in [-0.25, -0.2) is 4.98 Å². The fourth-order valence-corrected chi connectivity index (χ4v) is 1.70. The Bertz CT molecular complexity index is 509. The minimum absolute atomic E-state index is 0.00943. The minimum Gasteiger partial charge on any atom is -0.351 e. The molecule has 1 heterocycles. The van der Waals surface area contributed by atoms with Crippen LogP contribution < -0.4 is 5.32 Å². The molecule has 0 fully saturated rings. The van der Waals surface area contributed by atoms with Crippen molar-refractivity contribution in [2.75, 3.05) is 18.6 Å². The molecule has 1 aromatic rings. The van der Waals surface area contributed by atoms with Gasteiger partial charge >= 0.3 is 0 Å². The lowest BCUT2D eigenvalue weighted by atomic mass is 10.2. The average Bonchev–Trinajstić information content (AvgIpc) is 2.27. The van der Waals surface area contributed by atoms with Crippen molar-refractivity contribution in [2.45, 2.75) is 0 Å². The molecule has 7 nitrogen and oxygen atoms in total. The van der Waals surface area contributed by atoms with Gasteiger partial charge < -0.3 is 5.32 Å². The predicted octanol–water partition coefficient (Wildman–Crippen LogP) is 0.751. The third-order valence-electron chi connectivity index (χ3n) is 1.97. The molecule has 9 heteroatoms. The van der Waals surface area contributed by atoms with Crippen molar-refractivity contribution in [3.05, 3.63) is 33.1 Å². The summed E-state index contributed by atoms with van der Waals surface area (Å²) in [7, 11) is -1.04. The largest absolute Gasteiger partial charge is 0.351 e. The first kappa shape index (κ1) is 14.5. The van der Waals surface area contributed by atoms with Crippen molar-refractivity contribution in [1.82, 2.24) is 10.3 Å². The molecule has 1 aromatic heterocycles. The zero-order chi connectivity index (χ0) is 13.7. The number of aromatic nitrogens is 1. The number of nitrogens with one attached hydrogen (secondary N) is 1. The van der Waals surface area contributed by atoms with Gasteiger partial charge in [0.15, 0.2) is 0 Å². The summed E-state index contributed by atoms with van der Waals surface area (Å²) in [4.78, 5) is 25.3. The lowest BCUT2D eigenvalue weighted by molar-refractivity contribution is -0.385. The lowest BCUT2D eigenvalue weighted by Crippen LogP contribution is -2.28. The second-order valence-electron chi connectivity index (χ2n) is 3.31. The SMILES string of the molecule is CS(=O)CCNC(=O)c1cc(Cl)ncc1[N+](=O)[O-]. The van der Waals surface area contributed by atoms with Gasteiger partial charge in [-0.3, -0.25) is 19.1 Å². The number of halogens is 1. The Morgan fingerprint density at radius 1 is 1.67 bits per heavy atom. The third kappa shape index (κ3) is 4.04. The molecule has 0 aliphatic rings. The zero-order valence-corrected chi connectivity index (χ0v) is 11.0. The lowest BCUT2D eigenvalue weighted by Gasteiger charge is -2.04. The van der Waals surface area contributed by atoms with Crippen molar-refractivity contribution in [1.29, 1.82) is 0 Å². The van der Waals surface area contributed by atoms with Gasteiger partial charge in [0.05, 0.1) is 4.92 Å². The van der Waals surface area contributed by atoms with Crippen LogP contribution in [0, 0.1) is 10.1 Å². The smallest absolute Gasteiger partial charge is 0.300 e. The summed E-state index contributed by atoms with van der Waals surface area (Å²) in [6.45, 7) is 0.166. The molecular formula is C9H10ClN3O4S. The van der Waals surface area contributed by atoms with Gasteiger partial charge in [0.25, 0.3) is 11.6 Å². The summed E-state index contributed by atoms with van der Waals surface area (Å²) in [5.41, 5.74) is -0.587. The highest BCUT2D eigenvalue weighted by atomic mass is 35.5. The number of hydrogen-bond acceptors (Lipinski definition) is 5. The maximum absolute atomic E-state index is 11.7. The molecule has 0 radical (unpaired) electrons. The molecular weight excluding hydrogens is 282 g/mol. The number of hydrogen-bond donors (Lipinski definition) is 1. The van der Waals surface area contributed by atoms with Crippen LogP contribution in [0.15, 0.2) is 12.3 Å². The van der Waals surface area contributed by atoms with Gasteiger partial charge in [0, 0.05) is 29.4 Å². The summed E-state index contributed by atoms with van der Waals surface area (Å²) in [6.07, 6.45) is 2.42. The maximum atomic E-state index is 11.7. The Hall–Kier alpha value is -1.54. The molecule has 98 valence electrons. The number of carbonyl (C=O) groups excluding carboxylic acids is 1. The van der Waals surface area contributed by atoms with E-state index in [2.05, 4.69) is 10.3 Å². The van der Waals surface area contributed by atoms with Gasteiger partial charge in [-0.15, -0.1) is 0 Å². The summed E-state index contributed by atoms with van der Waals surface area (Å²) < 4.78 is 10.8. The molecule has 0 spiro atoms. The van der Waals surface area contributed by atoms with Crippen molar-refractivity contribution in [3.63, 3.8) is 0 Å². The van der Waals surface area contributed by atoms with E-state index in [1.807, 2.05) is 0 Å². The predicted molar refractivity (Wildman–Crippen MR) is 67.2 cm³/mol. The Morgan fingerprint density at radius 3 is 2.89 bits per heavy atom. The Labute approximate surface area is 110 Å². The van der Waals surface area contributed by atoms with Crippen molar-refractivity contribution in [3.8, 4) is 0 Å². The molecule has 0 saturated heterocycles. The first-order valence-electron chi connectivity index (χ1n) is 4.80. The molecule has 1 rings (SSSR count). The van der Waals surface area contributed by atoms with Crippen LogP contribution in [0.4, 0.5) is 5.69 Å². The van der Waals surface area contributed by atoms with Gasteiger partial charge in [-0.2, -0.15) is 0 Å². The topological polar surface area (TPSA) is 102 Å². The monoisotopic (exact) mass is 291 g/mol. The number of nitrogens with zero attached hydrogens (tertiary/aromatic N) is 2. The number of carbonyl (C=O) groups is 1. The summed E-state index contributed by atoms with van der Waals surface area (Å²) >= 11 is 5.59. The highest BCUT2D eigenvalue weighted by Gasteiger charge is 2.21. The van der Waals surface area contributed by atoms with E-state index < -0.39 is 27.3 Å². The molecule has 0 saturated carbocycles. The van der Waals surface area contributed by atoms with E-state index in [1.165, 1.54) is 6.26 Å². The second kappa shape index (κ2) is 6.41. The average molecular weight is 292 g/mol. The number of nitro groups is 1. The number of pyridine rings is 1. The molecule has 0 aliphatic carbocycles. The fourth-order valence-electron chi connectivity index (χ4n) is 1.15. The summed E-state index contributed by atoms with van der Waals surface area (Å²) in [6, 6.07) is 1.12. The zero-order valence-electron chi connectivity index (χ0n) is 9.38. The third-order valence-corrected chi connectivity index (χ3v) is 2.95. The second-order valence-corrected chi connectivity index (χ2v) is 5.26. The van der Waals surface area contributed by atoms with Crippen LogP contribution in [0.1, 0.15) is 10.4 Å². The fraction of sp³-hybridized carbons (Fsp3) is 0.333. The Morgan fingerprint density at radius 2 is 2.33 bits per heavy atom.